The van der Waals surface area contributed by atoms with Gasteiger partial charge in [0.25, 0.3) is 0 Å². The Morgan fingerprint density at radius 1 is 1.10 bits per heavy atom. The van der Waals surface area contributed by atoms with Gasteiger partial charge in [0.2, 0.25) is 0 Å². The Labute approximate surface area is 242 Å². The van der Waals surface area contributed by atoms with Crippen LogP contribution in [0.4, 0.5) is 21.0 Å². The zero-order valence-corrected chi connectivity index (χ0v) is 25.2. The first-order chi connectivity index (χ1) is 19.2. The van der Waals surface area contributed by atoms with Gasteiger partial charge in [-0.05, 0) is 68.9 Å². The molecule has 0 radical (unpaired) electrons. The normalized spacial score (nSPS) is 26.5. The smallest absolute Gasteiger partial charge is 0.134 e. The molecule has 0 saturated carbocycles. The Balaban J connectivity index is 0.000000271. The number of aryl methyl sites for hydroxylation is 2. The number of piperidine rings is 1. The van der Waals surface area contributed by atoms with Gasteiger partial charge in [-0.2, -0.15) is 5.26 Å². The fraction of sp³-hybridized carbons (Fsp3) is 0.710. The number of fused-ring (bicyclic) bond motifs is 3. The van der Waals surface area contributed by atoms with E-state index in [0.717, 1.165) is 81.4 Å². The minimum atomic E-state index is -0.518. The lowest BCUT2D eigenvalue weighted by Gasteiger charge is -2.53. The van der Waals surface area contributed by atoms with Crippen molar-refractivity contribution in [3.63, 3.8) is 0 Å². The SMILES string of the molecule is CCc1nc(N2CCCC(C)(C)C2)cc(N2CC3(CCCc4sc(N)c(C#N)c43)C2)n1.FC1CC2CCCN2C1. The van der Waals surface area contributed by atoms with E-state index in [1.807, 2.05) is 0 Å². The summed E-state index contributed by atoms with van der Waals surface area (Å²) in [5.41, 5.74) is 8.54. The molecule has 7 rings (SSSR count). The van der Waals surface area contributed by atoms with E-state index in [-0.39, 0.29) is 5.41 Å². The molecule has 0 bridgehead atoms. The predicted molar refractivity (Wildman–Crippen MR) is 161 cm³/mol. The highest BCUT2D eigenvalue weighted by Gasteiger charge is 2.50. The summed E-state index contributed by atoms with van der Waals surface area (Å²) < 4.78 is 12.6. The summed E-state index contributed by atoms with van der Waals surface area (Å²) >= 11 is 1.62. The molecular weight excluding hydrogens is 521 g/mol. The molecule has 2 N–H and O–H groups in total. The number of nitrogens with zero attached hydrogens (tertiary/aromatic N) is 6. The molecule has 1 aliphatic carbocycles. The minimum absolute atomic E-state index is 0.0529. The van der Waals surface area contributed by atoms with Crippen molar-refractivity contribution in [2.24, 2.45) is 5.41 Å². The number of alkyl halides is 1. The van der Waals surface area contributed by atoms with Gasteiger partial charge >= 0.3 is 0 Å². The van der Waals surface area contributed by atoms with Crippen LogP contribution in [0.1, 0.15) is 87.5 Å². The van der Waals surface area contributed by atoms with E-state index in [1.165, 1.54) is 42.5 Å². The molecule has 5 aliphatic rings. The molecule has 2 unspecified atom stereocenters. The van der Waals surface area contributed by atoms with Crippen molar-refractivity contribution in [1.82, 2.24) is 14.9 Å². The van der Waals surface area contributed by atoms with Crippen LogP contribution >= 0.6 is 11.3 Å². The zero-order chi connectivity index (χ0) is 28.1. The molecule has 4 fully saturated rings. The number of nitrogen functional groups attached to an aromatic ring is 1. The summed E-state index contributed by atoms with van der Waals surface area (Å²) in [6, 6.07) is 5.19. The highest BCUT2D eigenvalue weighted by atomic mass is 32.1. The summed E-state index contributed by atoms with van der Waals surface area (Å²) in [7, 11) is 0. The molecule has 2 aromatic rings. The van der Waals surface area contributed by atoms with Crippen molar-refractivity contribution in [1.29, 1.82) is 5.26 Å². The van der Waals surface area contributed by atoms with E-state index in [4.69, 9.17) is 15.7 Å². The van der Waals surface area contributed by atoms with Crippen molar-refractivity contribution in [2.75, 3.05) is 54.8 Å². The first kappa shape index (κ1) is 27.7. The molecule has 2 atom stereocenters. The highest BCUT2D eigenvalue weighted by molar-refractivity contribution is 7.16. The molecule has 4 aliphatic heterocycles. The summed E-state index contributed by atoms with van der Waals surface area (Å²) in [5, 5.41) is 10.4. The van der Waals surface area contributed by atoms with E-state index in [0.29, 0.717) is 23.0 Å². The van der Waals surface area contributed by atoms with E-state index in [2.05, 4.69) is 47.6 Å². The van der Waals surface area contributed by atoms with Gasteiger partial charge in [-0.3, -0.25) is 4.90 Å². The van der Waals surface area contributed by atoms with Crippen LogP contribution in [0.5, 0.6) is 0 Å². The third kappa shape index (κ3) is 5.18. The standard InChI is InChI=1S/C24H32N6S.C7H12FN/c1-4-18-27-19(29-10-6-8-23(2,3)13-29)11-20(28-18)30-14-24(15-30)9-5-7-17-21(24)16(12-25)22(26)31-17;8-6-4-7-2-1-3-9(7)5-6/h11H,4-10,13-15,26H2,1-3H3;6-7H,1-5H2. The minimum Gasteiger partial charge on any atom is -0.389 e. The Morgan fingerprint density at radius 2 is 1.88 bits per heavy atom. The summed E-state index contributed by atoms with van der Waals surface area (Å²) in [6.45, 7) is 12.6. The molecule has 7 nitrogen and oxygen atoms in total. The molecule has 4 saturated heterocycles. The maximum Gasteiger partial charge on any atom is 0.134 e. The van der Waals surface area contributed by atoms with E-state index in [1.54, 1.807) is 11.3 Å². The average molecular weight is 566 g/mol. The van der Waals surface area contributed by atoms with Gasteiger partial charge in [-0.25, -0.2) is 14.4 Å². The van der Waals surface area contributed by atoms with Gasteiger partial charge in [0.05, 0.1) is 5.56 Å². The van der Waals surface area contributed by atoms with Crippen molar-refractivity contribution < 1.29 is 4.39 Å². The molecule has 6 heterocycles. The van der Waals surface area contributed by atoms with Crippen molar-refractivity contribution in [2.45, 2.75) is 96.2 Å². The molecule has 0 amide bonds. The zero-order valence-electron chi connectivity index (χ0n) is 24.4. The maximum atomic E-state index is 12.6. The lowest BCUT2D eigenvalue weighted by atomic mass is 9.66. The number of halogens is 1. The number of nitrogens with two attached hydrogens (primary N) is 1. The molecule has 1 spiro atoms. The third-order valence-electron chi connectivity index (χ3n) is 9.77. The van der Waals surface area contributed by atoms with Crippen LogP contribution in [0.3, 0.4) is 0 Å². The number of nitriles is 1. The summed E-state index contributed by atoms with van der Waals surface area (Å²) in [4.78, 5) is 18.2. The maximum absolute atomic E-state index is 12.6. The number of aromatic nitrogens is 2. The second kappa shape index (κ2) is 10.8. The number of hydrogen-bond acceptors (Lipinski definition) is 8. The first-order valence-corrected chi connectivity index (χ1v) is 16.1. The Hall–Kier alpha value is -2.44. The average Bonchev–Trinajstić information content (AvgIpc) is 3.58. The summed E-state index contributed by atoms with van der Waals surface area (Å²) in [6.07, 6.45) is 9.47. The number of rotatable bonds is 3. The molecule has 216 valence electrons. The lowest BCUT2D eigenvalue weighted by Crippen LogP contribution is -2.61. The second-order valence-electron chi connectivity index (χ2n) is 13.4. The number of thiophene rings is 1. The third-order valence-corrected chi connectivity index (χ3v) is 10.8. The van der Waals surface area contributed by atoms with Crippen LogP contribution in [0.25, 0.3) is 0 Å². The van der Waals surface area contributed by atoms with Gasteiger partial charge in [0, 0.05) is 61.5 Å². The van der Waals surface area contributed by atoms with E-state index in [9.17, 15) is 9.65 Å². The van der Waals surface area contributed by atoms with E-state index < -0.39 is 6.17 Å². The van der Waals surface area contributed by atoms with Crippen LogP contribution in [0.15, 0.2) is 6.07 Å². The highest BCUT2D eigenvalue weighted by Crippen LogP contribution is 2.51. The van der Waals surface area contributed by atoms with Crippen LogP contribution < -0.4 is 15.5 Å². The van der Waals surface area contributed by atoms with Crippen LogP contribution in [0.2, 0.25) is 0 Å². The van der Waals surface area contributed by atoms with Gasteiger partial charge in [-0.15, -0.1) is 11.3 Å². The van der Waals surface area contributed by atoms with Gasteiger partial charge < -0.3 is 15.5 Å². The monoisotopic (exact) mass is 565 g/mol. The Kier molecular flexibility index (Phi) is 7.45. The number of anilines is 3. The van der Waals surface area contributed by atoms with Crippen LogP contribution in [-0.4, -0.2) is 66.3 Å². The topological polar surface area (TPSA) is 85.3 Å². The molecule has 0 aromatic carbocycles. The van der Waals surface area contributed by atoms with Crippen molar-refractivity contribution >= 4 is 28.0 Å². The Bertz CT molecular complexity index is 1270. The molecule has 2 aromatic heterocycles. The van der Waals surface area contributed by atoms with Gasteiger partial charge in [0.1, 0.15) is 34.7 Å². The van der Waals surface area contributed by atoms with E-state index >= 15 is 0 Å². The fourth-order valence-corrected chi connectivity index (χ4v) is 9.00. The van der Waals surface area contributed by atoms with Crippen LogP contribution in [0, 0.1) is 16.7 Å². The first-order valence-electron chi connectivity index (χ1n) is 15.3. The fourth-order valence-electron chi connectivity index (χ4n) is 7.82. The molecule has 40 heavy (non-hydrogen) atoms. The van der Waals surface area contributed by atoms with Crippen LogP contribution in [-0.2, 0) is 18.3 Å². The van der Waals surface area contributed by atoms with Crippen molar-refractivity contribution in [3.8, 4) is 6.07 Å². The largest absolute Gasteiger partial charge is 0.389 e. The quantitative estimate of drug-likeness (QED) is 0.528. The summed E-state index contributed by atoms with van der Waals surface area (Å²) in [5.74, 6) is 3.01. The molecule has 9 heteroatoms. The lowest BCUT2D eigenvalue weighted by molar-refractivity contribution is 0.283. The van der Waals surface area contributed by atoms with Gasteiger partial charge in [0.15, 0.2) is 0 Å². The second-order valence-corrected chi connectivity index (χ2v) is 14.5. The number of hydrogen-bond donors (Lipinski definition) is 1. The predicted octanol–water partition coefficient (Wildman–Crippen LogP) is 5.47. The van der Waals surface area contributed by atoms with Crippen molar-refractivity contribution in [3.05, 3.63) is 27.9 Å². The molecular formula is C31H44FN7S. The van der Waals surface area contributed by atoms with Gasteiger partial charge in [-0.1, -0.05) is 20.8 Å². The Morgan fingerprint density at radius 3 is 2.58 bits per heavy atom.